The lowest BCUT2D eigenvalue weighted by molar-refractivity contribution is 0.416. The van der Waals surface area contributed by atoms with Gasteiger partial charge in [-0.15, -0.1) is 0 Å². The van der Waals surface area contributed by atoms with Gasteiger partial charge in [-0.1, -0.05) is 79.4 Å². The van der Waals surface area contributed by atoms with E-state index in [1.54, 1.807) is 4.68 Å². The zero-order chi connectivity index (χ0) is 25.4. The summed E-state index contributed by atoms with van der Waals surface area (Å²) in [6.07, 6.45) is 7.47. The van der Waals surface area contributed by atoms with E-state index in [-0.39, 0.29) is 11.5 Å². The maximum atomic E-state index is 13.6. The zero-order valence-electron chi connectivity index (χ0n) is 20.9. The lowest BCUT2D eigenvalue weighted by atomic mass is 9.88. The average Bonchev–Trinajstić information content (AvgIpc) is 3.20. The molecule has 6 heteroatoms. The molecule has 1 aliphatic rings. The first kappa shape index (κ1) is 23.7. The lowest BCUT2D eigenvalue weighted by Crippen LogP contribution is -2.25. The highest BCUT2D eigenvalue weighted by Crippen LogP contribution is 2.32. The van der Waals surface area contributed by atoms with Crippen molar-refractivity contribution >= 4 is 39.6 Å². The Kier molecular flexibility index (Phi) is 6.39. The van der Waals surface area contributed by atoms with Crippen LogP contribution in [0.3, 0.4) is 0 Å². The number of aromatic nitrogens is 3. The number of benzene rings is 3. The fraction of sp³-hybridized carbons (Fsp3) is 0.258. The summed E-state index contributed by atoms with van der Waals surface area (Å²) >= 11 is 6.50. The smallest absolute Gasteiger partial charge is 0.282 e. The SMILES string of the molecule is Cc1c(C=Nn2c(C3CCCCC3)nc3ccccc3c2=O)c2ccccc2n1Cc1ccccc1Cl. The number of hydrogen-bond donors (Lipinski definition) is 0. The van der Waals surface area contributed by atoms with Crippen LogP contribution in [-0.4, -0.2) is 20.4 Å². The number of hydrogen-bond acceptors (Lipinski definition) is 3. The van der Waals surface area contributed by atoms with Crippen molar-refractivity contribution < 1.29 is 0 Å². The third kappa shape index (κ3) is 4.38. The number of halogens is 1. The van der Waals surface area contributed by atoms with Crippen LogP contribution in [-0.2, 0) is 6.54 Å². The fourth-order valence-corrected chi connectivity index (χ4v) is 5.81. The van der Waals surface area contributed by atoms with Crippen LogP contribution in [0.2, 0.25) is 5.02 Å². The Balaban J connectivity index is 1.49. The van der Waals surface area contributed by atoms with Crippen LogP contribution in [0.15, 0.2) is 82.7 Å². The Morgan fingerprint density at radius 1 is 0.946 bits per heavy atom. The summed E-state index contributed by atoms with van der Waals surface area (Å²) in [5.74, 6) is 1.02. The van der Waals surface area contributed by atoms with Gasteiger partial charge in [0, 0.05) is 39.6 Å². The van der Waals surface area contributed by atoms with Crippen molar-refractivity contribution in [2.45, 2.75) is 51.5 Å². The third-order valence-electron chi connectivity index (χ3n) is 7.62. The minimum atomic E-state index is -0.111. The van der Waals surface area contributed by atoms with Gasteiger partial charge in [0.2, 0.25) is 0 Å². The van der Waals surface area contributed by atoms with E-state index < -0.39 is 0 Å². The van der Waals surface area contributed by atoms with Crippen molar-refractivity contribution in [3.8, 4) is 0 Å². The zero-order valence-corrected chi connectivity index (χ0v) is 21.7. The average molecular weight is 509 g/mol. The number of fused-ring (bicyclic) bond motifs is 2. The molecule has 0 aliphatic heterocycles. The molecule has 37 heavy (non-hydrogen) atoms. The standard InChI is InChI=1S/C31H29ClN4O/c1-21-26(24-14-7-10-18-29(24)35(21)20-23-13-5-8-16-27(23)32)19-33-36-30(22-11-3-2-4-12-22)34-28-17-9-6-15-25(28)31(36)37/h5-10,13-19,22H,2-4,11-12,20H2,1H3. The highest BCUT2D eigenvalue weighted by Gasteiger charge is 2.22. The molecule has 5 nitrogen and oxygen atoms in total. The Morgan fingerprint density at radius 3 is 2.46 bits per heavy atom. The Bertz CT molecular complexity index is 1690. The molecule has 5 aromatic rings. The minimum Gasteiger partial charge on any atom is -0.340 e. The summed E-state index contributed by atoms with van der Waals surface area (Å²) in [4.78, 5) is 18.6. The Hall–Kier alpha value is -3.70. The molecule has 0 amide bonds. The second-order valence-electron chi connectivity index (χ2n) is 9.88. The summed E-state index contributed by atoms with van der Waals surface area (Å²) in [6.45, 7) is 2.76. The summed E-state index contributed by atoms with van der Waals surface area (Å²) < 4.78 is 3.82. The predicted molar refractivity (Wildman–Crippen MR) is 152 cm³/mol. The van der Waals surface area contributed by atoms with E-state index in [4.69, 9.17) is 21.7 Å². The normalized spacial score (nSPS) is 14.8. The monoisotopic (exact) mass is 508 g/mol. The fourth-order valence-electron chi connectivity index (χ4n) is 5.61. The van der Waals surface area contributed by atoms with Crippen LogP contribution in [0, 0.1) is 6.92 Å². The van der Waals surface area contributed by atoms with Gasteiger partial charge in [0.25, 0.3) is 5.56 Å². The van der Waals surface area contributed by atoms with E-state index in [1.807, 2.05) is 60.8 Å². The Morgan fingerprint density at radius 2 is 1.65 bits per heavy atom. The lowest BCUT2D eigenvalue weighted by Gasteiger charge is -2.22. The van der Waals surface area contributed by atoms with Gasteiger partial charge < -0.3 is 4.57 Å². The van der Waals surface area contributed by atoms with E-state index in [2.05, 4.69) is 29.7 Å². The first-order valence-corrected chi connectivity index (χ1v) is 13.4. The summed E-state index contributed by atoms with van der Waals surface area (Å²) in [5.41, 5.74) is 4.87. The number of rotatable bonds is 5. The van der Waals surface area contributed by atoms with E-state index in [0.717, 1.165) is 69.8 Å². The molecule has 0 radical (unpaired) electrons. The Labute approximate surface area is 221 Å². The molecule has 1 fully saturated rings. The van der Waals surface area contributed by atoms with Crippen molar-refractivity contribution in [1.29, 1.82) is 0 Å². The molecule has 3 aromatic carbocycles. The molecule has 0 bridgehead atoms. The largest absolute Gasteiger partial charge is 0.340 e. The van der Waals surface area contributed by atoms with Gasteiger partial charge in [-0.05, 0) is 49.6 Å². The van der Waals surface area contributed by atoms with Gasteiger partial charge in [0.1, 0.15) is 5.82 Å². The van der Waals surface area contributed by atoms with Crippen molar-refractivity contribution in [3.05, 3.63) is 111 Å². The molecule has 1 saturated carbocycles. The van der Waals surface area contributed by atoms with Gasteiger partial charge in [-0.2, -0.15) is 9.78 Å². The highest BCUT2D eigenvalue weighted by atomic mass is 35.5. The second kappa shape index (κ2) is 9.98. The first-order valence-electron chi connectivity index (χ1n) is 13.0. The molecule has 2 heterocycles. The van der Waals surface area contributed by atoms with Crippen LogP contribution < -0.4 is 5.56 Å². The van der Waals surface area contributed by atoms with E-state index >= 15 is 0 Å². The second-order valence-corrected chi connectivity index (χ2v) is 10.3. The van der Waals surface area contributed by atoms with Crippen LogP contribution in [0.1, 0.15) is 60.7 Å². The molecule has 0 spiro atoms. The number of nitrogens with zero attached hydrogens (tertiary/aromatic N) is 4. The molecule has 2 aromatic heterocycles. The van der Waals surface area contributed by atoms with Crippen molar-refractivity contribution in [2.24, 2.45) is 5.10 Å². The molecular formula is C31H29ClN4O. The van der Waals surface area contributed by atoms with E-state index in [1.165, 1.54) is 6.42 Å². The van der Waals surface area contributed by atoms with Gasteiger partial charge in [-0.3, -0.25) is 4.79 Å². The summed E-state index contributed by atoms with van der Waals surface area (Å²) in [5, 5.41) is 7.27. The minimum absolute atomic E-state index is 0.111. The molecular weight excluding hydrogens is 480 g/mol. The molecule has 6 rings (SSSR count). The maximum absolute atomic E-state index is 13.6. The van der Waals surface area contributed by atoms with Crippen molar-refractivity contribution in [2.75, 3.05) is 0 Å². The highest BCUT2D eigenvalue weighted by molar-refractivity contribution is 6.31. The van der Waals surface area contributed by atoms with E-state index in [9.17, 15) is 4.79 Å². The van der Waals surface area contributed by atoms with Gasteiger partial charge in [0.05, 0.1) is 17.1 Å². The number of para-hydroxylation sites is 2. The van der Waals surface area contributed by atoms with Crippen LogP contribution in [0.25, 0.3) is 21.8 Å². The van der Waals surface area contributed by atoms with Crippen LogP contribution in [0.5, 0.6) is 0 Å². The summed E-state index contributed by atoms with van der Waals surface area (Å²) in [6, 6.07) is 23.8. The first-order chi connectivity index (χ1) is 18.1. The molecule has 0 N–H and O–H groups in total. The quantitative estimate of drug-likeness (QED) is 0.234. The van der Waals surface area contributed by atoms with Crippen LogP contribution in [0.4, 0.5) is 0 Å². The molecule has 0 unspecified atom stereocenters. The van der Waals surface area contributed by atoms with Crippen molar-refractivity contribution in [3.63, 3.8) is 0 Å². The third-order valence-corrected chi connectivity index (χ3v) is 7.99. The molecule has 0 saturated heterocycles. The maximum Gasteiger partial charge on any atom is 0.282 e. The molecule has 0 atom stereocenters. The summed E-state index contributed by atoms with van der Waals surface area (Å²) in [7, 11) is 0. The van der Waals surface area contributed by atoms with Crippen molar-refractivity contribution in [1.82, 2.24) is 14.2 Å². The van der Waals surface area contributed by atoms with Gasteiger partial charge >= 0.3 is 0 Å². The predicted octanol–water partition coefficient (Wildman–Crippen LogP) is 7.29. The van der Waals surface area contributed by atoms with Gasteiger partial charge in [0.15, 0.2) is 0 Å². The molecule has 186 valence electrons. The van der Waals surface area contributed by atoms with Gasteiger partial charge in [-0.25, -0.2) is 4.98 Å². The van der Waals surface area contributed by atoms with E-state index in [0.29, 0.717) is 11.9 Å². The topological polar surface area (TPSA) is 52.2 Å². The van der Waals surface area contributed by atoms with Crippen LogP contribution >= 0.6 is 11.6 Å². The molecule has 1 aliphatic carbocycles.